The Morgan fingerprint density at radius 1 is 0.579 bits per heavy atom. The van der Waals surface area contributed by atoms with Gasteiger partial charge in [0.05, 0.1) is 6.61 Å². The first-order valence-corrected chi connectivity index (χ1v) is 15.7. The highest BCUT2D eigenvalue weighted by Crippen LogP contribution is 2.16. The first kappa shape index (κ1) is 36.5. The Morgan fingerprint density at radius 3 is 1.39 bits per heavy atom. The molecule has 0 bridgehead atoms. The van der Waals surface area contributed by atoms with Crippen molar-refractivity contribution < 1.29 is 34.1 Å². The maximum Gasteiger partial charge on any atom is 0.355 e. The first-order chi connectivity index (χ1) is 18.5. The van der Waals surface area contributed by atoms with Crippen molar-refractivity contribution in [2.45, 2.75) is 174 Å². The van der Waals surface area contributed by atoms with E-state index in [0.29, 0.717) is 12.8 Å². The lowest BCUT2D eigenvalue weighted by atomic mass is 10.0. The lowest BCUT2D eigenvalue weighted by molar-refractivity contribution is -0.179. The molecule has 7 heteroatoms. The minimum atomic E-state index is -1.79. The van der Waals surface area contributed by atoms with E-state index in [2.05, 4.69) is 18.6 Å². The van der Waals surface area contributed by atoms with Crippen molar-refractivity contribution >= 4 is 17.9 Å². The summed E-state index contributed by atoms with van der Waals surface area (Å²) in [5.74, 6) is -2.68. The van der Waals surface area contributed by atoms with Gasteiger partial charge in [-0.15, -0.1) is 0 Å². The summed E-state index contributed by atoms with van der Waals surface area (Å²) in [5, 5.41) is 18.3. The van der Waals surface area contributed by atoms with Crippen LogP contribution in [0.2, 0.25) is 0 Å². The van der Waals surface area contributed by atoms with Crippen LogP contribution in [0.25, 0.3) is 0 Å². The summed E-state index contributed by atoms with van der Waals surface area (Å²) < 4.78 is 10.0. The van der Waals surface area contributed by atoms with Crippen LogP contribution in [0.5, 0.6) is 0 Å². The molecule has 0 aromatic rings. The quantitative estimate of drug-likeness (QED) is 0.0635. The zero-order valence-corrected chi connectivity index (χ0v) is 24.6. The van der Waals surface area contributed by atoms with Gasteiger partial charge in [-0.2, -0.15) is 0 Å². The van der Waals surface area contributed by atoms with Gasteiger partial charge in [0.25, 0.3) is 0 Å². The highest BCUT2D eigenvalue weighted by atomic mass is 16.6. The maximum atomic E-state index is 12.4. The Morgan fingerprint density at radius 2 is 0.974 bits per heavy atom. The van der Waals surface area contributed by atoms with Gasteiger partial charge in [-0.3, -0.25) is 4.79 Å². The summed E-state index contributed by atoms with van der Waals surface area (Å²) >= 11 is 0. The molecule has 2 N–H and O–H groups in total. The van der Waals surface area contributed by atoms with E-state index < -0.39 is 36.7 Å². The molecule has 0 spiro atoms. The van der Waals surface area contributed by atoms with E-state index in [1.807, 2.05) is 0 Å². The molecular weight excluding hydrogens is 484 g/mol. The Balaban J connectivity index is 4.20. The highest BCUT2D eigenvalue weighted by Gasteiger charge is 2.28. The third-order valence-corrected chi connectivity index (χ3v) is 6.99. The van der Waals surface area contributed by atoms with E-state index in [-0.39, 0.29) is 12.8 Å². The van der Waals surface area contributed by atoms with Crippen molar-refractivity contribution in [2.24, 2.45) is 0 Å². The van der Waals surface area contributed by atoms with Crippen LogP contribution in [0.3, 0.4) is 0 Å². The fraction of sp³-hybridized carbons (Fsp3) is 0.903. The number of esters is 3. The lowest BCUT2D eigenvalue weighted by Crippen LogP contribution is -2.35. The van der Waals surface area contributed by atoms with Crippen LogP contribution in [-0.4, -0.2) is 46.9 Å². The van der Waals surface area contributed by atoms with Crippen LogP contribution in [0.15, 0.2) is 0 Å². The first-order valence-electron chi connectivity index (χ1n) is 15.7. The monoisotopic (exact) mass is 542 g/mol. The van der Waals surface area contributed by atoms with Crippen molar-refractivity contribution in [1.29, 1.82) is 0 Å². The fourth-order valence-electron chi connectivity index (χ4n) is 4.50. The third-order valence-electron chi connectivity index (χ3n) is 6.99. The van der Waals surface area contributed by atoms with E-state index in [1.165, 1.54) is 83.5 Å². The van der Waals surface area contributed by atoms with Crippen molar-refractivity contribution in [3.63, 3.8) is 0 Å². The SMILES string of the molecule is CCCCCCCCCCCCCCCCC(OC(=O)CCCCCCCCC)C(=O)OC(=O)C(O)CO. The summed E-state index contributed by atoms with van der Waals surface area (Å²) in [6.07, 6.45) is 22.0. The molecule has 0 heterocycles. The average Bonchev–Trinajstić information content (AvgIpc) is 2.91. The van der Waals surface area contributed by atoms with Crippen LogP contribution in [0, 0.1) is 0 Å². The molecule has 0 aromatic heterocycles. The molecular formula is C31H58O7. The van der Waals surface area contributed by atoms with E-state index in [4.69, 9.17) is 9.84 Å². The number of carbonyl (C=O) groups is 3. The average molecular weight is 543 g/mol. The van der Waals surface area contributed by atoms with Gasteiger partial charge in [-0.05, 0) is 19.3 Å². The van der Waals surface area contributed by atoms with Gasteiger partial charge in [-0.1, -0.05) is 136 Å². The van der Waals surface area contributed by atoms with E-state index >= 15 is 0 Å². The number of ether oxygens (including phenoxy) is 2. The zero-order valence-electron chi connectivity index (χ0n) is 24.6. The molecule has 0 amide bonds. The molecule has 0 radical (unpaired) electrons. The van der Waals surface area contributed by atoms with Crippen LogP contribution in [-0.2, 0) is 23.9 Å². The van der Waals surface area contributed by atoms with Gasteiger partial charge in [0, 0.05) is 6.42 Å². The van der Waals surface area contributed by atoms with Gasteiger partial charge < -0.3 is 19.7 Å². The minimum absolute atomic E-state index is 0.226. The molecule has 0 aliphatic rings. The van der Waals surface area contributed by atoms with Gasteiger partial charge in [-0.25, -0.2) is 9.59 Å². The Bertz CT molecular complexity index is 579. The van der Waals surface area contributed by atoms with Crippen molar-refractivity contribution in [2.75, 3.05) is 6.61 Å². The van der Waals surface area contributed by atoms with Crippen LogP contribution in [0.1, 0.15) is 162 Å². The van der Waals surface area contributed by atoms with Crippen molar-refractivity contribution in [3.05, 3.63) is 0 Å². The lowest BCUT2D eigenvalue weighted by Gasteiger charge is -2.17. The zero-order chi connectivity index (χ0) is 28.3. The molecule has 0 aliphatic carbocycles. The number of unbranched alkanes of at least 4 members (excludes halogenated alkanes) is 19. The van der Waals surface area contributed by atoms with Gasteiger partial charge in [0.15, 0.2) is 12.2 Å². The molecule has 0 aliphatic heterocycles. The van der Waals surface area contributed by atoms with E-state index in [0.717, 1.165) is 38.5 Å². The van der Waals surface area contributed by atoms with Crippen molar-refractivity contribution in [1.82, 2.24) is 0 Å². The molecule has 2 atom stereocenters. The van der Waals surface area contributed by atoms with Crippen LogP contribution >= 0.6 is 0 Å². The number of carbonyl (C=O) groups excluding carboxylic acids is 3. The fourth-order valence-corrected chi connectivity index (χ4v) is 4.50. The second kappa shape index (κ2) is 27.1. The third kappa shape index (κ3) is 22.5. The second-order valence-corrected chi connectivity index (χ2v) is 10.7. The standard InChI is InChI=1S/C31H58O7/c1-3-5-7-9-11-12-13-14-15-16-17-19-20-22-24-28(31(36)38-30(35)27(33)26-32)37-29(34)25-23-21-18-10-8-6-4-2/h27-28,32-33H,3-26H2,1-2H3. The number of hydrogen-bond donors (Lipinski definition) is 2. The van der Waals surface area contributed by atoms with Gasteiger partial charge in [0.2, 0.25) is 0 Å². The molecule has 224 valence electrons. The maximum absolute atomic E-state index is 12.4. The van der Waals surface area contributed by atoms with Crippen LogP contribution < -0.4 is 0 Å². The smallest absolute Gasteiger partial charge is 0.355 e. The van der Waals surface area contributed by atoms with Crippen molar-refractivity contribution in [3.8, 4) is 0 Å². The molecule has 0 saturated carbocycles. The Kier molecular flexibility index (Phi) is 26.1. The molecule has 2 unspecified atom stereocenters. The second-order valence-electron chi connectivity index (χ2n) is 10.7. The van der Waals surface area contributed by atoms with E-state index in [9.17, 15) is 19.5 Å². The molecule has 0 aromatic carbocycles. The number of aliphatic hydroxyl groups is 2. The summed E-state index contributed by atoms with van der Waals surface area (Å²) in [6, 6.07) is 0. The highest BCUT2D eigenvalue weighted by molar-refractivity contribution is 5.90. The predicted octanol–water partition coefficient (Wildman–Crippen LogP) is 7.33. The molecule has 0 rings (SSSR count). The van der Waals surface area contributed by atoms with Crippen LogP contribution in [0.4, 0.5) is 0 Å². The molecule has 38 heavy (non-hydrogen) atoms. The summed E-state index contributed by atoms with van der Waals surface area (Å²) in [5.41, 5.74) is 0. The topological polar surface area (TPSA) is 110 Å². The molecule has 0 fully saturated rings. The number of aliphatic hydroxyl groups excluding tert-OH is 2. The number of hydrogen-bond acceptors (Lipinski definition) is 7. The minimum Gasteiger partial charge on any atom is -0.450 e. The largest absolute Gasteiger partial charge is 0.450 e. The predicted molar refractivity (Wildman–Crippen MR) is 152 cm³/mol. The number of rotatable bonds is 27. The molecule has 0 saturated heterocycles. The Hall–Kier alpha value is -1.47. The van der Waals surface area contributed by atoms with Gasteiger partial charge >= 0.3 is 17.9 Å². The Labute approximate surface area is 232 Å². The summed E-state index contributed by atoms with van der Waals surface area (Å²) in [4.78, 5) is 36.5. The summed E-state index contributed by atoms with van der Waals surface area (Å²) in [6.45, 7) is 3.58. The molecule has 7 nitrogen and oxygen atoms in total. The van der Waals surface area contributed by atoms with E-state index in [1.54, 1.807) is 0 Å². The van der Waals surface area contributed by atoms with Gasteiger partial charge in [0.1, 0.15) is 0 Å². The normalized spacial score (nSPS) is 12.7. The summed E-state index contributed by atoms with van der Waals surface area (Å²) in [7, 11) is 0.